The van der Waals surface area contributed by atoms with Crippen molar-refractivity contribution < 1.29 is 0 Å². The summed E-state index contributed by atoms with van der Waals surface area (Å²) in [5, 5.41) is 3.00. The van der Waals surface area contributed by atoms with Gasteiger partial charge in [-0.1, -0.05) is 20.4 Å². The predicted octanol–water partition coefficient (Wildman–Crippen LogP) is 2.34. The summed E-state index contributed by atoms with van der Waals surface area (Å²) in [6, 6.07) is 0. The molecule has 0 aromatic heterocycles. The molecule has 0 amide bonds. The minimum Gasteiger partial charge on any atom is -0.356 e. The summed E-state index contributed by atoms with van der Waals surface area (Å²) >= 11 is 0. The number of rotatable bonds is 2. The maximum absolute atomic E-state index is 4.39. The summed E-state index contributed by atoms with van der Waals surface area (Å²) in [4.78, 5) is 6.77. The molecule has 1 N–H and O–H groups in total. The maximum atomic E-state index is 4.39. The average Bonchev–Trinajstić information content (AvgIpc) is 2.29. The second-order valence-electron chi connectivity index (χ2n) is 5.02. The van der Waals surface area contributed by atoms with Gasteiger partial charge in [-0.15, -0.1) is 0 Å². The van der Waals surface area contributed by atoms with Crippen LogP contribution in [0.1, 0.15) is 26.7 Å². The van der Waals surface area contributed by atoms with Gasteiger partial charge in [0.25, 0.3) is 0 Å². The van der Waals surface area contributed by atoms with Gasteiger partial charge in [0.05, 0.1) is 6.34 Å². The fourth-order valence-corrected chi connectivity index (χ4v) is 2.35. The lowest BCUT2D eigenvalue weighted by Crippen LogP contribution is -2.37. The third-order valence-electron chi connectivity index (χ3n) is 3.47. The lowest BCUT2D eigenvalue weighted by molar-refractivity contribution is 0.178. The monoisotopic (exact) mass is 219 g/mol. The van der Waals surface area contributed by atoms with Gasteiger partial charge in [0.2, 0.25) is 0 Å². The number of nitrogens with one attached hydrogen (secondary N) is 1. The van der Waals surface area contributed by atoms with Crippen LogP contribution < -0.4 is 5.32 Å². The Morgan fingerprint density at radius 1 is 1.56 bits per heavy atom. The fourth-order valence-electron chi connectivity index (χ4n) is 2.35. The third-order valence-corrected chi connectivity index (χ3v) is 3.47. The number of piperidine rings is 1. The molecule has 2 rings (SSSR count). The van der Waals surface area contributed by atoms with Crippen molar-refractivity contribution in [2.24, 2.45) is 16.8 Å². The van der Waals surface area contributed by atoms with E-state index in [0.29, 0.717) is 0 Å². The first-order chi connectivity index (χ1) is 7.66. The summed E-state index contributed by atoms with van der Waals surface area (Å²) < 4.78 is 0. The molecule has 1 atom stereocenters. The zero-order chi connectivity index (χ0) is 11.5. The van der Waals surface area contributed by atoms with Crippen LogP contribution in [0.2, 0.25) is 0 Å². The zero-order valence-corrected chi connectivity index (χ0v) is 10.2. The second-order valence-corrected chi connectivity index (χ2v) is 5.02. The lowest BCUT2D eigenvalue weighted by atomic mass is 9.88. The van der Waals surface area contributed by atoms with Crippen LogP contribution in [0.4, 0.5) is 0 Å². The molecule has 2 aliphatic heterocycles. The highest BCUT2D eigenvalue weighted by atomic mass is 15.2. The molecule has 0 aromatic rings. The van der Waals surface area contributed by atoms with Gasteiger partial charge >= 0.3 is 0 Å². The van der Waals surface area contributed by atoms with Crippen LogP contribution in [0.5, 0.6) is 0 Å². The van der Waals surface area contributed by atoms with E-state index in [0.717, 1.165) is 36.4 Å². The van der Waals surface area contributed by atoms with Crippen molar-refractivity contribution in [2.75, 3.05) is 13.1 Å². The fraction of sp³-hybridized carbons (Fsp3) is 0.615. The van der Waals surface area contributed by atoms with E-state index in [1.54, 1.807) is 6.34 Å². The molecule has 0 aliphatic carbocycles. The molecule has 0 aromatic carbocycles. The van der Waals surface area contributed by atoms with E-state index in [1.165, 1.54) is 12.8 Å². The normalized spacial score (nSPS) is 25.7. The average molecular weight is 219 g/mol. The number of likely N-dealkylation sites (tertiary alicyclic amines) is 1. The van der Waals surface area contributed by atoms with Crippen LogP contribution in [0.25, 0.3) is 0 Å². The van der Waals surface area contributed by atoms with Crippen molar-refractivity contribution in [1.82, 2.24) is 10.2 Å². The molecule has 16 heavy (non-hydrogen) atoms. The molecular weight excluding hydrogens is 198 g/mol. The molecule has 2 aliphatic rings. The Bertz CT molecular complexity index is 328. The highest BCUT2D eigenvalue weighted by Crippen LogP contribution is 2.26. The van der Waals surface area contributed by atoms with Gasteiger partial charge in [0, 0.05) is 24.9 Å². The first kappa shape index (κ1) is 11.2. The molecule has 0 spiro atoms. The van der Waals surface area contributed by atoms with Crippen LogP contribution in [0, 0.1) is 11.8 Å². The van der Waals surface area contributed by atoms with E-state index in [1.807, 2.05) is 6.08 Å². The first-order valence-electron chi connectivity index (χ1n) is 6.11. The van der Waals surface area contributed by atoms with Crippen molar-refractivity contribution in [3.63, 3.8) is 0 Å². The van der Waals surface area contributed by atoms with Gasteiger partial charge in [0.15, 0.2) is 0 Å². The molecule has 3 nitrogen and oxygen atoms in total. The smallest absolute Gasteiger partial charge is 0.132 e. The predicted molar refractivity (Wildman–Crippen MR) is 68.0 cm³/mol. The first-order valence-corrected chi connectivity index (χ1v) is 6.11. The van der Waals surface area contributed by atoms with Gasteiger partial charge in [-0.05, 0) is 24.7 Å². The SMILES string of the molecule is C=C1C=C(N2CCCC(C(C)C)C2)N=CN1. The van der Waals surface area contributed by atoms with Crippen LogP contribution in [0.3, 0.4) is 0 Å². The van der Waals surface area contributed by atoms with E-state index < -0.39 is 0 Å². The molecule has 88 valence electrons. The largest absolute Gasteiger partial charge is 0.356 e. The van der Waals surface area contributed by atoms with Crippen LogP contribution in [0.15, 0.2) is 29.2 Å². The zero-order valence-electron chi connectivity index (χ0n) is 10.2. The Kier molecular flexibility index (Phi) is 3.32. The molecular formula is C13H21N3. The Labute approximate surface area is 97.9 Å². The Balaban J connectivity index is 2.04. The minimum atomic E-state index is 0.761. The van der Waals surface area contributed by atoms with Gasteiger partial charge in [-0.25, -0.2) is 4.99 Å². The van der Waals surface area contributed by atoms with E-state index in [2.05, 4.69) is 35.6 Å². The molecule has 1 saturated heterocycles. The molecule has 1 unspecified atom stereocenters. The van der Waals surface area contributed by atoms with Crippen molar-refractivity contribution in [3.8, 4) is 0 Å². The number of aliphatic imine (C=N–C) groups is 1. The van der Waals surface area contributed by atoms with Crippen molar-refractivity contribution in [3.05, 3.63) is 24.2 Å². The molecule has 0 radical (unpaired) electrons. The summed E-state index contributed by atoms with van der Waals surface area (Å²) in [6.07, 6.45) is 6.39. The van der Waals surface area contributed by atoms with Gasteiger partial charge in [0.1, 0.15) is 5.82 Å². The van der Waals surface area contributed by atoms with E-state index in [-0.39, 0.29) is 0 Å². The third kappa shape index (κ3) is 2.46. The molecule has 2 heterocycles. The maximum Gasteiger partial charge on any atom is 0.132 e. The quantitative estimate of drug-likeness (QED) is 0.772. The van der Waals surface area contributed by atoms with Crippen molar-refractivity contribution >= 4 is 6.34 Å². The van der Waals surface area contributed by atoms with Crippen LogP contribution >= 0.6 is 0 Å². The number of hydrogen-bond donors (Lipinski definition) is 1. The van der Waals surface area contributed by atoms with Gasteiger partial charge < -0.3 is 10.2 Å². The van der Waals surface area contributed by atoms with E-state index >= 15 is 0 Å². The molecule has 1 fully saturated rings. The van der Waals surface area contributed by atoms with Crippen molar-refractivity contribution in [1.29, 1.82) is 0 Å². The Hall–Kier alpha value is -1.25. The number of allylic oxidation sites excluding steroid dienone is 1. The molecule has 3 heteroatoms. The van der Waals surface area contributed by atoms with Crippen LogP contribution in [-0.4, -0.2) is 24.3 Å². The summed E-state index contributed by atoms with van der Waals surface area (Å²) in [6.45, 7) is 10.8. The minimum absolute atomic E-state index is 0.761. The summed E-state index contributed by atoms with van der Waals surface area (Å²) in [5.41, 5.74) is 0.927. The molecule has 0 bridgehead atoms. The van der Waals surface area contributed by atoms with E-state index in [9.17, 15) is 0 Å². The Morgan fingerprint density at radius 3 is 3.06 bits per heavy atom. The molecule has 0 saturated carbocycles. The van der Waals surface area contributed by atoms with Gasteiger partial charge in [-0.2, -0.15) is 0 Å². The number of nitrogens with zero attached hydrogens (tertiary/aromatic N) is 2. The van der Waals surface area contributed by atoms with Crippen LogP contribution in [-0.2, 0) is 0 Å². The van der Waals surface area contributed by atoms with Gasteiger partial charge in [-0.3, -0.25) is 0 Å². The highest BCUT2D eigenvalue weighted by Gasteiger charge is 2.23. The Morgan fingerprint density at radius 2 is 2.38 bits per heavy atom. The van der Waals surface area contributed by atoms with E-state index in [4.69, 9.17) is 0 Å². The highest BCUT2D eigenvalue weighted by molar-refractivity contribution is 5.62. The van der Waals surface area contributed by atoms with Crippen molar-refractivity contribution in [2.45, 2.75) is 26.7 Å². The topological polar surface area (TPSA) is 27.6 Å². The summed E-state index contributed by atoms with van der Waals surface area (Å²) in [5.74, 6) is 2.62. The second kappa shape index (κ2) is 4.73. The summed E-state index contributed by atoms with van der Waals surface area (Å²) in [7, 11) is 0. The number of hydrogen-bond acceptors (Lipinski definition) is 3. The lowest BCUT2D eigenvalue weighted by Gasteiger charge is -2.36. The standard InChI is InChI=1S/C13H21N3/c1-10(2)12-5-4-6-16(8-12)13-7-11(3)14-9-15-13/h7,9-10,12H,3-6,8H2,1-2H3,(H,14,15).